The standard InChI is InChI=1S/C28H24ClNO3/c1-32-20-12-13-22(26(15-20)33-2)23-16-27(31)30(17-19-8-4-6-10-24(19)29)25-14-11-18-7-3-5-9-21(18)28(23)25/h3-15,23H,16-17H2,1-2H3. The fraction of sp³-hybridized carbons (Fsp3) is 0.179. The molecule has 1 aliphatic rings. The smallest absolute Gasteiger partial charge is 0.228 e. The van der Waals surface area contributed by atoms with Crippen LogP contribution in [0.15, 0.2) is 78.9 Å². The van der Waals surface area contributed by atoms with Crippen LogP contribution >= 0.6 is 11.6 Å². The van der Waals surface area contributed by atoms with Crippen molar-refractivity contribution in [3.63, 3.8) is 0 Å². The van der Waals surface area contributed by atoms with E-state index in [1.54, 1.807) is 14.2 Å². The van der Waals surface area contributed by atoms with Gasteiger partial charge in [0.05, 0.1) is 20.8 Å². The Bertz CT molecular complexity index is 1350. The molecule has 1 heterocycles. The van der Waals surface area contributed by atoms with Gasteiger partial charge in [-0.2, -0.15) is 0 Å². The summed E-state index contributed by atoms with van der Waals surface area (Å²) in [5.41, 5.74) is 3.93. The molecule has 0 aliphatic carbocycles. The molecule has 0 saturated heterocycles. The van der Waals surface area contributed by atoms with Gasteiger partial charge in [0.15, 0.2) is 0 Å². The van der Waals surface area contributed by atoms with Gasteiger partial charge in [-0.1, -0.05) is 66.2 Å². The second-order valence-corrected chi connectivity index (χ2v) is 8.56. The van der Waals surface area contributed by atoms with Gasteiger partial charge in [-0.25, -0.2) is 0 Å². The average molecular weight is 458 g/mol. The third-order valence-corrected chi connectivity index (χ3v) is 6.74. The molecule has 1 amide bonds. The van der Waals surface area contributed by atoms with Crippen LogP contribution in [0.1, 0.15) is 29.0 Å². The average Bonchev–Trinajstić information content (AvgIpc) is 2.85. The van der Waals surface area contributed by atoms with Crippen LogP contribution in [0, 0.1) is 0 Å². The minimum Gasteiger partial charge on any atom is -0.497 e. The van der Waals surface area contributed by atoms with Crippen LogP contribution < -0.4 is 14.4 Å². The maximum atomic E-state index is 13.5. The van der Waals surface area contributed by atoms with Crippen LogP contribution in [-0.4, -0.2) is 20.1 Å². The zero-order chi connectivity index (χ0) is 22.9. The molecule has 1 aliphatic heterocycles. The lowest BCUT2D eigenvalue weighted by Gasteiger charge is -2.36. The molecular weight excluding hydrogens is 434 g/mol. The number of carbonyl (C=O) groups excluding carboxylic acids is 1. The lowest BCUT2D eigenvalue weighted by molar-refractivity contribution is -0.119. The molecule has 1 unspecified atom stereocenters. The minimum absolute atomic E-state index is 0.0561. The molecule has 5 heteroatoms. The fourth-order valence-electron chi connectivity index (χ4n) is 4.75. The van der Waals surface area contributed by atoms with Crippen LogP contribution in [0.2, 0.25) is 5.02 Å². The molecular formula is C28H24ClNO3. The molecule has 1 atom stereocenters. The predicted molar refractivity (Wildman–Crippen MR) is 133 cm³/mol. The molecule has 0 bridgehead atoms. The molecule has 5 rings (SSSR count). The summed E-state index contributed by atoms with van der Waals surface area (Å²) in [5.74, 6) is 1.35. The Kier molecular flexibility index (Phi) is 5.69. The Morgan fingerprint density at radius 3 is 2.52 bits per heavy atom. The van der Waals surface area contributed by atoms with E-state index in [0.29, 0.717) is 23.7 Å². The fourth-order valence-corrected chi connectivity index (χ4v) is 4.94. The summed E-state index contributed by atoms with van der Waals surface area (Å²) in [6.07, 6.45) is 0.341. The number of carbonyl (C=O) groups is 1. The first kappa shape index (κ1) is 21.4. The van der Waals surface area contributed by atoms with Crippen LogP contribution in [0.4, 0.5) is 5.69 Å². The summed E-state index contributed by atoms with van der Waals surface area (Å²) in [6, 6.07) is 25.9. The van der Waals surface area contributed by atoms with Crippen LogP contribution in [0.25, 0.3) is 10.8 Å². The largest absolute Gasteiger partial charge is 0.497 e. The Labute approximate surface area is 198 Å². The number of benzene rings is 4. The predicted octanol–water partition coefficient (Wildman–Crippen LogP) is 6.58. The number of fused-ring (bicyclic) bond motifs is 3. The van der Waals surface area contributed by atoms with Gasteiger partial charge in [-0.05, 0) is 40.1 Å². The second kappa shape index (κ2) is 8.80. The molecule has 0 aromatic heterocycles. The van der Waals surface area contributed by atoms with E-state index in [9.17, 15) is 4.79 Å². The number of ether oxygens (including phenoxy) is 2. The SMILES string of the molecule is COc1ccc(C2CC(=O)N(Cc3ccccc3Cl)c3ccc4ccccc4c32)c(OC)c1. The van der Waals surface area contributed by atoms with E-state index < -0.39 is 0 Å². The summed E-state index contributed by atoms with van der Waals surface area (Å²) >= 11 is 6.44. The monoisotopic (exact) mass is 457 g/mol. The first-order valence-electron chi connectivity index (χ1n) is 10.9. The molecule has 4 nitrogen and oxygen atoms in total. The number of hydrogen-bond acceptors (Lipinski definition) is 3. The zero-order valence-electron chi connectivity index (χ0n) is 18.5. The van der Waals surface area contributed by atoms with E-state index in [4.69, 9.17) is 21.1 Å². The number of amides is 1. The van der Waals surface area contributed by atoms with Crippen molar-refractivity contribution in [2.45, 2.75) is 18.9 Å². The normalized spacial score (nSPS) is 15.4. The number of methoxy groups -OCH3 is 2. The van der Waals surface area contributed by atoms with Crippen LogP contribution in [-0.2, 0) is 11.3 Å². The van der Waals surface area contributed by atoms with Crippen molar-refractivity contribution < 1.29 is 14.3 Å². The van der Waals surface area contributed by atoms with Crippen LogP contribution in [0.5, 0.6) is 11.5 Å². The van der Waals surface area contributed by atoms with Crippen molar-refractivity contribution in [3.8, 4) is 11.5 Å². The highest BCUT2D eigenvalue weighted by atomic mass is 35.5. The van der Waals surface area contributed by atoms with E-state index in [1.165, 1.54) is 0 Å². The highest BCUT2D eigenvalue weighted by molar-refractivity contribution is 6.31. The Morgan fingerprint density at radius 1 is 0.939 bits per heavy atom. The Morgan fingerprint density at radius 2 is 1.73 bits per heavy atom. The molecule has 4 aromatic carbocycles. The van der Waals surface area contributed by atoms with E-state index in [1.807, 2.05) is 59.5 Å². The number of hydrogen-bond donors (Lipinski definition) is 0. The van der Waals surface area contributed by atoms with Crippen molar-refractivity contribution in [2.75, 3.05) is 19.1 Å². The van der Waals surface area contributed by atoms with E-state index >= 15 is 0 Å². The lowest BCUT2D eigenvalue weighted by atomic mass is 9.80. The molecule has 0 spiro atoms. The van der Waals surface area contributed by atoms with Crippen molar-refractivity contribution in [2.24, 2.45) is 0 Å². The second-order valence-electron chi connectivity index (χ2n) is 8.16. The summed E-state index contributed by atoms with van der Waals surface area (Å²) in [4.78, 5) is 15.4. The van der Waals surface area contributed by atoms with Crippen LogP contribution in [0.3, 0.4) is 0 Å². The van der Waals surface area contributed by atoms with E-state index in [0.717, 1.165) is 38.9 Å². The van der Waals surface area contributed by atoms with Crippen molar-refractivity contribution in [1.82, 2.24) is 0 Å². The Balaban J connectivity index is 1.70. The van der Waals surface area contributed by atoms with Crippen molar-refractivity contribution >= 4 is 34.0 Å². The highest BCUT2D eigenvalue weighted by Crippen LogP contribution is 2.47. The van der Waals surface area contributed by atoms with Gasteiger partial charge in [-0.3, -0.25) is 4.79 Å². The lowest BCUT2D eigenvalue weighted by Crippen LogP contribution is -2.36. The van der Waals surface area contributed by atoms with Gasteiger partial charge in [0.2, 0.25) is 5.91 Å². The highest BCUT2D eigenvalue weighted by Gasteiger charge is 2.35. The number of halogens is 1. The zero-order valence-corrected chi connectivity index (χ0v) is 19.3. The van der Waals surface area contributed by atoms with Crippen molar-refractivity contribution in [3.05, 3.63) is 101 Å². The first-order chi connectivity index (χ1) is 16.1. The van der Waals surface area contributed by atoms with E-state index in [2.05, 4.69) is 24.3 Å². The summed E-state index contributed by atoms with van der Waals surface area (Å²) in [7, 11) is 3.28. The summed E-state index contributed by atoms with van der Waals surface area (Å²) < 4.78 is 11.1. The quantitative estimate of drug-likeness (QED) is 0.340. The first-order valence-corrected chi connectivity index (χ1v) is 11.3. The van der Waals surface area contributed by atoms with Gasteiger partial charge in [0, 0.05) is 34.7 Å². The Hall–Kier alpha value is -3.50. The molecule has 166 valence electrons. The maximum Gasteiger partial charge on any atom is 0.228 e. The molecule has 0 saturated carbocycles. The number of rotatable bonds is 5. The van der Waals surface area contributed by atoms with E-state index in [-0.39, 0.29) is 11.8 Å². The maximum absolute atomic E-state index is 13.5. The number of nitrogens with zero attached hydrogens (tertiary/aromatic N) is 1. The summed E-state index contributed by atoms with van der Waals surface area (Å²) in [6.45, 7) is 0.427. The van der Waals surface area contributed by atoms with Gasteiger partial charge in [0.25, 0.3) is 0 Å². The van der Waals surface area contributed by atoms with Gasteiger partial charge in [-0.15, -0.1) is 0 Å². The summed E-state index contributed by atoms with van der Waals surface area (Å²) in [5, 5.41) is 2.93. The van der Waals surface area contributed by atoms with Gasteiger partial charge < -0.3 is 14.4 Å². The molecule has 0 fully saturated rings. The molecule has 4 aromatic rings. The third kappa shape index (κ3) is 3.81. The molecule has 0 N–H and O–H groups in total. The van der Waals surface area contributed by atoms with Gasteiger partial charge >= 0.3 is 0 Å². The number of anilines is 1. The third-order valence-electron chi connectivity index (χ3n) is 6.37. The van der Waals surface area contributed by atoms with Crippen molar-refractivity contribution in [1.29, 1.82) is 0 Å². The minimum atomic E-state index is -0.137. The topological polar surface area (TPSA) is 38.8 Å². The molecule has 0 radical (unpaired) electrons. The van der Waals surface area contributed by atoms with Gasteiger partial charge in [0.1, 0.15) is 11.5 Å². The molecule has 33 heavy (non-hydrogen) atoms.